The number of carbonyl (C=O) groups is 2. The topological polar surface area (TPSA) is 71.2 Å². The standard InChI is InChI=1S/C19H17ClN2O3/c1-11(2)25-17-6-4-3-5-15(17)22-19(24)18(23)14-10-21-16-9-12(20)7-8-13(14)16/h3-11,21H,1-2H3,(H,22,24). The van der Waals surface area contributed by atoms with Crippen LogP contribution in [0.15, 0.2) is 48.7 Å². The van der Waals surface area contributed by atoms with Crippen LogP contribution in [-0.2, 0) is 4.79 Å². The van der Waals surface area contributed by atoms with E-state index in [-0.39, 0.29) is 6.10 Å². The van der Waals surface area contributed by atoms with Gasteiger partial charge >= 0.3 is 0 Å². The zero-order chi connectivity index (χ0) is 18.0. The molecule has 25 heavy (non-hydrogen) atoms. The number of ether oxygens (including phenoxy) is 1. The van der Waals surface area contributed by atoms with E-state index in [1.165, 1.54) is 6.20 Å². The molecule has 0 unspecified atom stereocenters. The maximum absolute atomic E-state index is 12.5. The SMILES string of the molecule is CC(C)Oc1ccccc1NC(=O)C(=O)c1c[nH]c2cc(Cl)ccc12. The third-order valence-electron chi connectivity index (χ3n) is 3.59. The van der Waals surface area contributed by atoms with Gasteiger partial charge in [0.15, 0.2) is 0 Å². The Kier molecular flexibility index (Phi) is 4.76. The highest BCUT2D eigenvalue weighted by Gasteiger charge is 2.21. The van der Waals surface area contributed by atoms with Crippen molar-refractivity contribution in [2.75, 3.05) is 5.32 Å². The molecular formula is C19H17ClN2O3. The highest BCUT2D eigenvalue weighted by atomic mass is 35.5. The summed E-state index contributed by atoms with van der Waals surface area (Å²) in [6, 6.07) is 12.1. The van der Waals surface area contributed by atoms with E-state index in [4.69, 9.17) is 16.3 Å². The van der Waals surface area contributed by atoms with Gasteiger partial charge in [-0.15, -0.1) is 0 Å². The lowest BCUT2D eigenvalue weighted by Crippen LogP contribution is -2.23. The van der Waals surface area contributed by atoms with E-state index >= 15 is 0 Å². The molecule has 0 spiro atoms. The molecule has 0 radical (unpaired) electrons. The fraction of sp³-hybridized carbons (Fsp3) is 0.158. The molecule has 0 saturated heterocycles. The van der Waals surface area contributed by atoms with Crippen LogP contribution >= 0.6 is 11.6 Å². The van der Waals surface area contributed by atoms with Gasteiger partial charge in [-0.3, -0.25) is 9.59 Å². The monoisotopic (exact) mass is 356 g/mol. The summed E-state index contributed by atoms with van der Waals surface area (Å²) < 4.78 is 5.65. The number of aromatic nitrogens is 1. The average molecular weight is 357 g/mol. The van der Waals surface area contributed by atoms with Gasteiger partial charge in [0, 0.05) is 22.1 Å². The Morgan fingerprint density at radius 2 is 1.92 bits per heavy atom. The molecule has 3 aromatic rings. The predicted molar refractivity (Wildman–Crippen MR) is 98.5 cm³/mol. The number of para-hydroxylation sites is 2. The summed E-state index contributed by atoms with van der Waals surface area (Å²) in [7, 11) is 0. The minimum absolute atomic E-state index is 0.0490. The highest BCUT2D eigenvalue weighted by Crippen LogP contribution is 2.26. The summed E-state index contributed by atoms with van der Waals surface area (Å²) in [5.74, 6) is -0.840. The van der Waals surface area contributed by atoms with Gasteiger partial charge in [-0.25, -0.2) is 0 Å². The number of amides is 1. The smallest absolute Gasteiger partial charge is 0.296 e. The number of carbonyl (C=O) groups excluding carboxylic acids is 2. The van der Waals surface area contributed by atoms with E-state index in [9.17, 15) is 9.59 Å². The van der Waals surface area contributed by atoms with E-state index < -0.39 is 11.7 Å². The van der Waals surface area contributed by atoms with Crippen molar-refractivity contribution in [2.24, 2.45) is 0 Å². The summed E-state index contributed by atoms with van der Waals surface area (Å²) in [5.41, 5.74) is 1.45. The van der Waals surface area contributed by atoms with Crippen LogP contribution in [0.2, 0.25) is 5.02 Å². The summed E-state index contributed by atoms with van der Waals surface area (Å²) in [6.07, 6.45) is 1.46. The Morgan fingerprint density at radius 3 is 2.68 bits per heavy atom. The first-order chi connectivity index (χ1) is 12.0. The van der Waals surface area contributed by atoms with E-state index in [0.29, 0.717) is 32.9 Å². The Hall–Kier alpha value is -2.79. The van der Waals surface area contributed by atoms with Gasteiger partial charge in [-0.05, 0) is 38.1 Å². The first kappa shape index (κ1) is 17.0. The zero-order valence-corrected chi connectivity index (χ0v) is 14.6. The van der Waals surface area contributed by atoms with Crippen molar-refractivity contribution in [3.8, 4) is 5.75 Å². The first-order valence-corrected chi connectivity index (χ1v) is 8.21. The molecule has 0 fully saturated rings. The van der Waals surface area contributed by atoms with Crippen LogP contribution in [0.1, 0.15) is 24.2 Å². The number of anilines is 1. The summed E-state index contributed by atoms with van der Waals surface area (Å²) in [6.45, 7) is 3.78. The number of nitrogens with one attached hydrogen (secondary N) is 2. The lowest BCUT2D eigenvalue weighted by Gasteiger charge is -2.14. The maximum atomic E-state index is 12.5. The summed E-state index contributed by atoms with van der Waals surface area (Å²) in [4.78, 5) is 27.9. The minimum Gasteiger partial charge on any atom is -0.489 e. The predicted octanol–water partition coefficient (Wildman–Crippen LogP) is 4.43. The van der Waals surface area contributed by atoms with Crippen LogP contribution in [0.25, 0.3) is 10.9 Å². The van der Waals surface area contributed by atoms with Gasteiger partial charge < -0.3 is 15.0 Å². The van der Waals surface area contributed by atoms with Crippen LogP contribution in [0.3, 0.4) is 0 Å². The van der Waals surface area contributed by atoms with Gasteiger partial charge in [0.25, 0.3) is 11.7 Å². The molecular weight excluding hydrogens is 340 g/mol. The molecule has 0 bridgehead atoms. The van der Waals surface area contributed by atoms with Gasteiger partial charge in [-0.2, -0.15) is 0 Å². The normalized spacial score (nSPS) is 10.9. The van der Waals surface area contributed by atoms with Crippen molar-refractivity contribution < 1.29 is 14.3 Å². The molecule has 6 heteroatoms. The molecule has 2 aromatic carbocycles. The molecule has 2 N–H and O–H groups in total. The van der Waals surface area contributed by atoms with E-state index in [2.05, 4.69) is 10.3 Å². The van der Waals surface area contributed by atoms with E-state index in [1.807, 2.05) is 13.8 Å². The second kappa shape index (κ2) is 6.99. The number of hydrogen-bond acceptors (Lipinski definition) is 3. The number of rotatable bonds is 5. The van der Waals surface area contributed by atoms with E-state index in [0.717, 1.165) is 0 Å². The van der Waals surface area contributed by atoms with Gasteiger partial charge in [0.2, 0.25) is 0 Å². The van der Waals surface area contributed by atoms with Crippen LogP contribution in [0.4, 0.5) is 5.69 Å². The zero-order valence-electron chi connectivity index (χ0n) is 13.8. The molecule has 0 saturated carbocycles. The lowest BCUT2D eigenvalue weighted by molar-refractivity contribution is -0.112. The Bertz CT molecular complexity index is 947. The van der Waals surface area contributed by atoms with Crippen molar-refractivity contribution in [3.63, 3.8) is 0 Å². The average Bonchev–Trinajstić information content (AvgIpc) is 2.98. The Balaban J connectivity index is 1.85. The second-order valence-corrected chi connectivity index (χ2v) is 6.27. The number of Topliss-reactive ketones (excluding diaryl/α,β-unsaturated/α-hetero) is 1. The molecule has 1 heterocycles. The second-order valence-electron chi connectivity index (χ2n) is 5.84. The van der Waals surface area contributed by atoms with E-state index in [1.54, 1.807) is 42.5 Å². The minimum atomic E-state index is -0.726. The van der Waals surface area contributed by atoms with Crippen molar-refractivity contribution in [1.29, 1.82) is 0 Å². The molecule has 0 atom stereocenters. The quantitative estimate of drug-likeness (QED) is 0.524. The summed E-state index contributed by atoms with van der Waals surface area (Å²) in [5, 5.41) is 3.83. The Morgan fingerprint density at radius 1 is 1.16 bits per heavy atom. The number of H-pyrrole nitrogens is 1. The van der Waals surface area contributed by atoms with Gasteiger partial charge in [0.05, 0.1) is 17.4 Å². The van der Waals surface area contributed by atoms with Crippen LogP contribution in [0, 0.1) is 0 Å². The van der Waals surface area contributed by atoms with Crippen molar-refractivity contribution >= 4 is 39.9 Å². The third-order valence-corrected chi connectivity index (χ3v) is 3.83. The number of benzene rings is 2. The van der Waals surface area contributed by atoms with Crippen molar-refractivity contribution in [1.82, 2.24) is 4.98 Å². The number of halogens is 1. The van der Waals surface area contributed by atoms with Crippen LogP contribution in [-0.4, -0.2) is 22.8 Å². The number of hydrogen-bond donors (Lipinski definition) is 2. The summed E-state index contributed by atoms with van der Waals surface area (Å²) >= 11 is 5.94. The number of fused-ring (bicyclic) bond motifs is 1. The van der Waals surface area contributed by atoms with Crippen molar-refractivity contribution in [3.05, 3.63) is 59.2 Å². The Labute approximate surface area is 149 Å². The van der Waals surface area contributed by atoms with Crippen molar-refractivity contribution in [2.45, 2.75) is 20.0 Å². The fourth-order valence-electron chi connectivity index (χ4n) is 2.51. The number of ketones is 1. The molecule has 3 rings (SSSR count). The first-order valence-electron chi connectivity index (χ1n) is 7.83. The fourth-order valence-corrected chi connectivity index (χ4v) is 2.69. The number of aromatic amines is 1. The lowest BCUT2D eigenvalue weighted by atomic mass is 10.1. The molecule has 0 aliphatic rings. The van der Waals surface area contributed by atoms with Crippen LogP contribution < -0.4 is 10.1 Å². The molecule has 5 nitrogen and oxygen atoms in total. The van der Waals surface area contributed by atoms with Gasteiger partial charge in [0.1, 0.15) is 5.75 Å². The third kappa shape index (κ3) is 3.67. The molecule has 128 valence electrons. The van der Waals surface area contributed by atoms with Crippen LogP contribution in [0.5, 0.6) is 5.75 Å². The highest BCUT2D eigenvalue weighted by molar-refractivity contribution is 6.48. The molecule has 0 aliphatic carbocycles. The largest absolute Gasteiger partial charge is 0.489 e. The molecule has 1 aromatic heterocycles. The van der Waals surface area contributed by atoms with Gasteiger partial charge in [-0.1, -0.05) is 29.8 Å². The maximum Gasteiger partial charge on any atom is 0.296 e. The molecule has 0 aliphatic heterocycles. The molecule has 1 amide bonds.